The van der Waals surface area contributed by atoms with Crippen LogP contribution in [0.4, 0.5) is 0 Å². The van der Waals surface area contributed by atoms with Gasteiger partial charge in [-0.25, -0.2) is 0 Å². The minimum Gasteiger partial charge on any atom is -0.0622 e. The van der Waals surface area contributed by atoms with Gasteiger partial charge in [0.15, 0.2) is 0 Å². The molecular weight excluding hydrogens is 1370 g/mol. The molecule has 0 unspecified atom stereocenters. The fraction of sp³-hybridized carbons (Fsp3) is 0. The molecule has 0 heteroatoms. The summed E-state index contributed by atoms with van der Waals surface area (Å²) in [6.45, 7) is 0. The van der Waals surface area contributed by atoms with E-state index in [1.165, 1.54) is 208 Å². The lowest BCUT2D eigenvalue weighted by Crippen LogP contribution is -1.90. The van der Waals surface area contributed by atoms with Gasteiger partial charge in [-0.2, -0.15) is 0 Å². The number of hydrogen-bond donors (Lipinski definition) is 0. The highest BCUT2D eigenvalue weighted by atomic mass is 14.2. The lowest BCUT2D eigenvalue weighted by Gasteiger charge is -2.17. The van der Waals surface area contributed by atoms with Crippen LogP contribution in [0.3, 0.4) is 0 Å². The molecule has 0 atom stereocenters. The maximum absolute atomic E-state index is 2.40. The quantitative estimate of drug-likeness (QED) is 0.120. The molecule has 22 aromatic rings. The zero-order chi connectivity index (χ0) is 75.7. The standard InChI is InChI=1S/C42H28.2C36H24/c1-3-12-29(13-4-1)30-22-24-31(25-23-30)33-16-11-17-34(26-33)35-27-40(32-14-5-2-6-15-32)42-39-21-10-9-19-37(39)36-18-7-8-20-38(36)41(42)28-35;1-3-12-25(13-4-1)27-16-11-17-28(22-27)29-23-34(26-14-5-2-6-15-26)36-33-21-10-9-19-31(33)30-18-7-8-20-32(30)35(36)24-29;1-3-11-25(12-4-1)26-19-21-27(22-20-26)29-23-34(28-13-5-2-6-14-28)36-33-18-10-9-16-31(33)30-15-7-8-17-32(30)35(36)24-29/h1-28H;2*1-24H. The predicted molar refractivity (Wildman–Crippen MR) is 491 cm³/mol. The van der Waals surface area contributed by atoms with Crippen LogP contribution in [0.1, 0.15) is 0 Å². The highest BCUT2D eigenvalue weighted by molar-refractivity contribution is 6.32. The van der Waals surface area contributed by atoms with Gasteiger partial charge in [0, 0.05) is 0 Å². The Labute approximate surface area is 664 Å². The molecule has 114 heavy (non-hydrogen) atoms. The smallest absolute Gasteiger partial charge is 0.00199 e. The van der Waals surface area contributed by atoms with E-state index in [0.717, 1.165) is 0 Å². The molecule has 0 heterocycles. The Hall–Kier alpha value is -14.8. The maximum atomic E-state index is 2.40. The van der Waals surface area contributed by atoms with Crippen LogP contribution in [0, 0.1) is 0 Å². The van der Waals surface area contributed by atoms with E-state index in [1.807, 2.05) is 0 Å². The van der Waals surface area contributed by atoms with Crippen molar-refractivity contribution >= 4 is 97.0 Å². The van der Waals surface area contributed by atoms with E-state index in [-0.39, 0.29) is 0 Å². The van der Waals surface area contributed by atoms with E-state index in [1.54, 1.807) is 0 Å². The van der Waals surface area contributed by atoms with E-state index in [2.05, 4.69) is 461 Å². The van der Waals surface area contributed by atoms with E-state index < -0.39 is 0 Å². The van der Waals surface area contributed by atoms with Crippen molar-refractivity contribution in [3.63, 3.8) is 0 Å². The molecule has 0 aliphatic carbocycles. The first-order valence-corrected chi connectivity index (χ1v) is 39.4. The average molecular weight is 1450 g/mol. The predicted octanol–water partition coefficient (Wildman–Crippen LogP) is 32.1. The Bertz CT molecular complexity index is 7320. The van der Waals surface area contributed by atoms with Crippen molar-refractivity contribution in [1.29, 1.82) is 0 Å². The number of fused-ring (bicyclic) bond motifs is 18. The third-order valence-corrected chi connectivity index (χ3v) is 22.9. The number of benzene rings is 22. The van der Waals surface area contributed by atoms with Crippen LogP contribution in [0.15, 0.2) is 461 Å². The summed E-state index contributed by atoms with van der Waals surface area (Å²) < 4.78 is 0. The van der Waals surface area contributed by atoms with Gasteiger partial charge in [0.2, 0.25) is 0 Å². The van der Waals surface area contributed by atoms with E-state index in [0.29, 0.717) is 0 Å². The van der Waals surface area contributed by atoms with E-state index in [4.69, 9.17) is 0 Å². The summed E-state index contributed by atoms with van der Waals surface area (Å²) >= 11 is 0. The minimum absolute atomic E-state index is 1.22. The zero-order valence-electron chi connectivity index (χ0n) is 62.9. The molecule has 22 rings (SSSR count). The molecule has 0 saturated carbocycles. The summed E-state index contributed by atoms with van der Waals surface area (Å²) in [6.07, 6.45) is 0. The van der Waals surface area contributed by atoms with Crippen molar-refractivity contribution < 1.29 is 0 Å². The van der Waals surface area contributed by atoms with Gasteiger partial charge in [-0.15, -0.1) is 0 Å². The molecule has 0 N–H and O–H groups in total. The summed E-state index contributed by atoms with van der Waals surface area (Å²) in [5.41, 5.74) is 24.8. The maximum Gasteiger partial charge on any atom is -0.00199 e. The fourth-order valence-corrected chi connectivity index (χ4v) is 17.5. The third-order valence-electron chi connectivity index (χ3n) is 22.9. The molecule has 22 aromatic carbocycles. The Morgan fingerprint density at radius 3 is 0.500 bits per heavy atom. The minimum atomic E-state index is 1.22. The van der Waals surface area contributed by atoms with Crippen molar-refractivity contribution in [2.24, 2.45) is 0 Å². The van der Waals surface area contributed by atoms with Gasteiger partial charge < -0.3 is 0 Å². The molecule has 532 valence electrons. The van der Waals surface area contributed by atoms with Crippen LogP contribution in [-0.4, -0.2) is 0 Å². The largest absolute Gasteiger partial charge is 0.0622 e. The summed E-state index contributed by atoms with van der Waals surface area (Å²) in [4.78, 5) is 0. The van der Waals surface area contributed by atoms with Gasteiger partial charge in [0.25, 0.3) is 0 Å². The fourth-order valence-electron chi connectivity index (χ4n) is 17.5. The number of rotatable bonds is 10. The molecule has 0 aliphatic heterocycles. The topological polar surface area (TPSA) is 0 Å². The molecule has 0 bridgehead atoms. The second kappa shape index (κ2) is 30.2. The van der Waals surface area contributed by atoms with E-state index >= 15 is 0 Å². The second-order valence-corrected chi connectivity index (χ2v) is 29.6. The molecule has 0 fully saturated rings. The van der Waals surface area contributed by atoms with Gasteiger partial charge in [-0.05, 0) is 257 Å². The van der Waals surface area contributed by atoms with Crippen molar-refractivity contribution in [3.8, 4) is 111 Å². The third kappa shape index (κ3) is 13.0. The Morgan fingerprint density at radius 2 is 0.237 bits per heavy atom. The van der Waals surface area contributed by atoms with Gasteiger partial charge in [-0.3, -0.25) is 0 Å². The monoisotopic (exact) mass is 1440 g/mol. The van der Waals surface area contributed by atoms with Crippen LogP contribution in [0.5, 0.6) is 0 Å². The SMILES string of the molecule is c1ccc(-c2ccc(-c3cc(-c4ccccc4)c4c5ccccc5c5ccccc5c4c3)cc2)cc1.c1ccc(-c2ccc(-c3cccc(-c4cc(-c5ccccc5)c5c6ccccc6c6ccccc6c5c4)c3)cc2)cc1.c1ccc(-c2cccc(-c3cc(-c4ccccc4)c4c5ccccc5c5ccccc5c4c3)c2)cc1. The molecule has 0 saturated heterocycles. The van der Waals surface area contributed by atoms with E-state index in [9.17, 15) is 0 Å². The van der Waals surface area contributed by atoms with Gasteiger partial charge >= 0.3 is 0 Å². The highest BCUT2D eigenvalue weighted by Crippen LogP contribution is 2.48. The molecule has 0 spiro atoms. The Kier molecular flexibility index (Phi) is 18.1. The average Bonchev–Trinajstić information content (AvgIpc) is 0.738. The molecule has 0 aromatic heterocycles. The Balaban J connectivity index is 0.000000111. The summed E-state index contributed by atoms with van der Waals surface area (Å²) in [5.74, 6) is 0. The van der Waals surface area contributed by atoms with Crippen molar-refractivity contribution in [2.75, 3.05) is 0 Å². The lowest BCUT2D eigenvalue weighted by molar-refractivity contribution is 1.58. The summed E-state index contributed by atoms with van der Waals surface area (Å²) in [7, 11) is 0. The molecule has 0 radical (unpaired) electrons. The summed E-state index contributed by atoms with van der Waals surface area (Å²) in [6, 6.07) is 167. The highest BCUT2D eigenvalue weighted by Gasteiger charge is 2.20. The molecular formula is C114H76. The van der Waals surface area contributed by atoms with Crippen LogP contribution in [0.2, 0.25) is 0 Å². The van der Waals surface area contributed by atoms with Crippen molar-refractivity contribution in [1.82, 2.24) is 0 Å². The van der Waals surface area contributed by atoms with Gasteiger partial charge in [0.05, 0.1) is 0 Å². The number of hydrogen-bond acceptors (Lipinski definition) is 0. The zero-order valence-corrected chi connectivity index (χ0v) is 62.9. The molecule has 0 amide bonds. The van der Waals surface area contributed by atoms with Crippen LogP contribution < -0.4 is 0 Å². The van der Waals surface area contributed by atoms with Crippen LogP contribution in [-0.2, 0) is 0 Å². The van der Waals surface area contributed by atoms with Crippen molar-refractivity contribution in [2.45, 2.75) is 0 Å². The van der Waals surface area contributed by atoms with Crippen LogP contribution in [0.25, 0.3) is 208 Å². The van der Waals surface area contributed by atoms with Crippen LogP contribution >= 0.6 is 0 Å². The molecule has 0 nitrogen and oxygen atoms in total. The lowest BCUT2D eigenvalue weighted by atomic mass is 9.86. The first kappa shape index (κ1) is 68.5. The van der Waals surface area contributed by atoms with Gasteiger partial charge in [0.1, 0.15) is 0 Å². The van der Waals surface area contributed by atoms with Gasteiger partial charge in [-0.1, -0.05) is 413 Å². The molecule has 0 aliphatic rings. The first-order valence-electron chi connectivity index (χ1n) is 39.4. The Morgan fingerprint density at radius 1 is 0.0789 bits per heavy atom. The normalized spacial score (nSPS) is 11.3. The second-order valence-electron chi connectivity index (χ2n) is 29.6. The summed E-state index contributed by atoms with van der Waals surface area (Å²) in [5, 5.41) is 23.4. The van der Waals surface area contributed by atoms with Crippen molar-refractivity contribution in [3.05, 3.63) is 461 Å². The first-order chi connectivity index (χ1) is 56.6.